The SMILES string of the molecule is C[C@H](Nc1ncnc2c1ncn2[C@@H]1O[C@H](CO)C(O)C1O)c1ccc(Cl)cc1. The number of halogens is 1. The minimum atomic E-state index is -1.21. The van der Waals surface area contributed by atoms with E-state index in [9.17, 15) is 15.3 Å². The molecule has 3 heterocycles. The summed E-state index contributed by atoms with van der Waals surface area (Å²) in [5.74, 6) is 0.526. The average molecular weight is 406 g/mol. The highest BCUT2D eigenvalue weighted by Gasteiger charge is 2.44. The summed E-state index contributed by atoms with van der Waals surface area (Å²) < 4.78 is 7.10. The molecule has 4 rings (SSSR count). The van der Waals surface area contributed by atoms with Crippen molar-refractivity contribution in [3.8, 4) is 0 Å². The molecule has 10 heteroatoms. The van der Waals surface area contributed by atoms with Crippen LogP contribution in [0.2, 0.25) is 5.02 Å². The number of nitrogens with one attached hydrogen (secondary N) is 1. The van der Waals surface area contributed by atoms with Gasteiger partial charge in [0.15, 0.2) is 23.2 Å². The number of aliphatic hydroxyl groups excluding tert-OH is 3. The molecule has 28 heavy (non-hydrogen) atoms. The summed E-state index contributed by atoms with van der Waals surface area (Å²) in [6.45, 7) is 1.59. The van der Waals surface area contributed by atoms with Gasteiger partial charge in [0.25, 0.3) is 0 Å². The molecule has 4 N–H and O–H groups in total. The van der Waals surface area contributed by atoms with E-state index in [1.807, 2.05) is 31.2 Å². The lowest BCUT2D eigenvalue weighted by atomic mass is 10.1. The minimum absolute atomic E-state index is 0.0607. The van der Waals surface area contributed by atoms with Gasteiger partial charge in [-0.1, -0.05) is 23.7 Å². The fourth-order valence-corrected chi connectivity index (χ4v) is 3.42. The van der Waals surface area contributed by atoms with E-state index in [0.717, 1.165) is 5.56 Å². The second-order valence-corrected chi connectivity index (χ2v) is 7.13. The van der Waals surface area contributed by atoms with E-state index >= 15 is 0 Å². The van der Waals surface area contributed by atoms with Crippen LogP contribution in [0, 0.1) is 0 Å². The number of nitrogens with zero attached hydrogens (tertiary/aromatic N) is 4. The Morgan fingerprint density at radius 1 is 1.18 bits per heavy atom. The van der Waals surface area contributed by atoms with Crippen LogP contribution < -0.4 is 5.32 Å². The normalized spacial score (nSPS) is 25.9. The maximum Gasteiger partial charge on any atom is 0.167 e. The van der Waals surface area contributed by atoms with Crippen molar-refractivity contribution in [1.29, 1.82) is 0 Å². The number of rotatable bonds is 5. The van der Waals surface area contributed by atoms with Gasteiger partial charge in [-0.05, 0) is 24.6 Å². The summed E-state index contributed by atoms with van der Waals surface area (Å²) in [6, 6.07) is 7.43. The Bertz CT molecular complexity index is 966. The summed E-state index contributed by atoms with van der Waals surface area (Å²) in [4.78, 5) is 12.9. The Labute approximate surface area is 165 Å². The first-order valence-electron chi connectivity index (χ1n) is 8.81. The molecule has 0 radical (unpaired) electrons. The quantitative estimate of drug-likeness (QED) is 0.500. The number of imidazole rings is 1. The van der Waals surface area contributed by atoms with Gasteiger partial charge in [0.1, 0.15) is 24.6 Å². The number of fused-ring (bicyclic) bond motifs is 1. The number of hydrogen-bond acceptors (Lipinski definition) is 8. The third-order valence-electron chi connectivity index (χ3n) is 4.87. The van der Waals surface area contributed by atoms with Crippen molar-refractivity contribution in [1.82, 2.24) is 19.5 Å². The predicted molar refractivity (Wildman–Crippen MR) is 102 cm³/mol. The predicted octanol–water partition coefficient (Wildman–Crippen LogP) is 1.26. The molecule has 5 atom stereocenters. The number of benzene rings is 1. The van der Waals surface area contributed by atoms with Crippen LogP contribution in [0.3, 0.4) is 0 Å². The van der Waals surface area contributed by atoms with Gasteiger partial charge in [-0.3, -0.25) is 4.57 Å². The molecule has 0 bridgehead atoms. The lowest BCUT2D eigenvalue weighted by molar-refractivity contribution is -0.0511. The number of aromatic nitrogens is 4. The summed E-state index contributed by atoms with van der Waals surface area (Å²) in [5.41, 5.74) is 1.97. The molecule has 2 unspecified atom stereocenters. The van der Waals surface area contributed by atoms with Crippen molar-refractivity contribution in [3.05, 3.63) is 47.5 Å². The molecule has 0 aliphatic carbocycles. The summed E-state index contributed by atoms with van der Waals surface area (Å²) in [7, 11) is 0. The highest BCUT2D eigenvalue weighted by atomic mass is 35.5. The van der Waals surface area contributed by atoms with Gasteiger partial charge in [0, 0.05) is 5.02 Å². The van der Waals surface area contributed by atoms with Gasteiger partial charge < -0.3 is 25.4 Å². The van der Waals surface area contributed by atoms with Gasteiger partial charge in [-0.2, -0.15) is 0 Å². The Morgan fingerprint density at radius 3 is 2.61 bits per heavy atom. The molecule has 148 valence electrons. The van der Waals surface area contributed by atoms with E-state index in [1.54, 1.807) is 0 Å². The molecular formula is C18H20ClN5O4. The van der Waals surface area contributed by atoms with Crippen LogP contribution in [-0.2, 0) is 4.74 Å². The van der Waals surface area contributed by atoms with Gasteiger partial charge in [-0.25, -0.2) is 15.0 Å². The smallest absolute Gasteiger partial charge is 0.167 e. The van der Waals surface area contributed by atoms with Gasteiger partial charge in [0.2, 0.25) is 0 Å². The maximum atomic E-state index is 10.3. The topological polar surface area (TPSA) is 126 Å². The monoisotopic (exact) mass is 405 g/mol. The molecule has 1 aliphatic rings. The van der Waals surface area contributed by atoms with Crippen LogP contribution in [0.25, 0.3) is 11.2 Å². The zero-order valence-electron chi connectivity index (χ0n) is 15.0. The molecule has 1 aromatic carbocycles. The third-order valence-corrected chi connectivity index (χ3v) is 5.13. The van der Waals surface area contributed by atoms with Crippen LogP contribution in [0.5, 0.6) is 0 Å². The zero-order chi connectivity index (χ0) is 19.8. The van der Waals surface area contributed by atoms with Crippen molar-refractivity contribution in [2.45, 2.75) is 37.5 Å². The van der Waals surface area contributed by atoms with E-state index in [2.05, 4.69) is 20.3 Å². The van der Waals surface area contributed by atoms with E-state index in [4.69, 9.17) is 16.3 Å². The van der Waals surface area contributed by atoms with Gasteiger partial charge in [-0.15, -0.1) is 0 Å². The standard InChI is InChI=1S/C18H20ClN5O4/c1-9(10-2-4-11(19)5-3-10)23-16-13-17(21-7-20-16)24(8-22-13)18-15(27)14(26)12(6-25)28-18/h2-5,7-9,12,14-15,18,25-27H,6H2,1H3,(H,20,21,23)/t9-,12+,14?,15?,18+/m0/s1. The van der Waals surface area contributed by atoms with Gasteiger partial charge in [0.05, 0.1) is 19.0 Å². The van der Waals surface area contributed by atoms with Crippen molar-refractivity contribution >= 4 is 28.6 Å². The highest BCUT2D eigenvalue weighted by molar-refractivity contribution is 6.30. The van der Waals surface area contributed by atoms with E-state index in [-0.39, 0.29) is 6.04 Å². The van der Waals surface area contributed by atoms with E-state index < -0.39 is 31.1 Å². The molecule has 2 aromatic heterocycles. The number of hydrogen-bond donors (Lipinski definition) is 4. The molecule has 0 saturated carbocycles. The second-order valence-electron chi connectivity index (χ2n) is 6.69. The fraction of sp³-hybridized carbons (Fsp3) is 0.389. The number of anilines is 1. The van der Waals surface area contributed by atoms with Crippen LogP contribution >= 0.6 is 11.6 Å². The Balaban J connectivity index is 1.63. The molecule has 1 saturated heterocycles. The molecule has 0 spiro atoms. The summed E-state index contributed by atoms with van der Waals surface area (Å²) >= 11 is 5.94. The van der Waals surface area contributed by atoms with Gasteiger partial charge >= 0.3 is 0 Å². The average Bonchev–Trinajstić information content (AvgIpc) is 3.24. The highest BCUT2D eigenvalue weighted by Crippen LogP contribution is 2.32. The van der Waals surface area contributed by atoms with Crippen LogP contribution in [0.1, 0.15) is 24.8 Å². The first-order chi connectivity index (χ1) is 13.5. The maximum absolute atomic E-state index is 10.3. The van der Waals surface area contributed by atoms with Crippen molar-refractivity contribution in [3.63, 3.8) is 0 Å². The lowest BCUT2D eigenvalue weighted by Gasteiger charge is -2.17. The molecule has 3 aromatic rings. The summed E-state index contributed by atoms with van der Waals surface area (Å²) in [5, 5.41) is 33.5. The molecule has 1 fully saturated rings. The van der Waals surface area contributed by atoms with Crippen LogP contribution in [0.15, 0.2) is 36.9 Å². The van der Waals surface area contributed by atoms with Crippen LogP contribution in [-0.4, -0.2) is 59.8 Å². The second kappa shape index (κ2) is 7.61. The number of ether oxygens (including phenoxy) is 1. The van der Waals surface area contributed by atoms with Crippen molar-refractivity contribution in [2.75, 3.05) is 11.9 Å². The summed E-state index contributed by atoms with van der Waals surface area (Å²) in [6.07, 6.45) is -1.34. The zero-order valence-corrected chi connectivity index (χ0v) is 15.7. The Kier molecular flexibility index (Phi) is 5.17. The van der Waals surface area contributed by atoms with E-state index in [1.165, 1.54) is 17.2 Å². The lowest BCUT2D eigenvalue weighted by Crippen LogP contribution is -2.33. The van der Waals surface area contributed by atoms with Crippen LogP contribution in [0.4, 0.5) is 5.82 Å². The first kappa shape index (κ1) is 19.0. The third kappa shape index (κ3) is 3.31. The first-order valence-corrected chi connectivity index (χ1v) is 9.19. The molecule has 1 aliphatic heterocycles. The minimum Gasteiger partial charge on any atom is -0.394 e. The molecule has 0 amide bonds. The molecule has 9 nitrogen and oxygen atoms in total. The van der Waals surface area contributed by atoms with Crippen molar-refractivity contribution in [2.24, 2.45) is 0 Å². The van der Waals surface area contributed by atoms with E-state index in [0.29, 0.717) is 22.0 Å². The number of aliphatic hydroxyl groups is 3. The fourth-order valence-electron chi connectivity index (χ4n) is 3.29. The largest absolute Gasteiger partial charge is 0.394 e. The molecular weight excluding hydrogens is 386 g/mol. The Morgan fingerprint density at radius 2 is 1.93 bits per heavy atom. The van der Waals surface area contributed by atoms with Crippen molar-refractivity contribution < 1.29 is 20.1 Å². The Hall–Kier alpha value is -2.30.